The van der Waals surface area contributed by atoms with Gasteiger partial charge in [0.05, 0.1) is 7.11 Å². The molecule has 16 heavy (non-hydrogen) atoms. The van der Waals surface area contributed by atoms with E-state index in [4.69, 9.17) is 4.74 Å². The van der Waals surface area contributed by atoms with E-state index >= 15 is 0 Å². The van der Waals surface area contributed by atoms with Crippen molar-refractivity contribution in [1.82, 2.24) is 15.0 Å². The SMILES string of the molecule is CCNc1nc(N[C@@H](C)CC)nc(OC)n1. The zero-order chi connectivity index (χ0) is 12.0. The second-order valence-electron chi connectivity index (χ2n) is 3.45. The van der Waals surface area contributed by atoms with Crippen molar-refractivity contribution in [1.29, 1.82) is 0 Å². The van der Waals surface area contributed by atoms with Crippen LogP contribution in [0.2, 0.25) is 0 Å². The highest BCUT2D eigenvalue weighted by atomic mass is 16.5. The number of nitrogens with one attached hydrogen (secondary N) is 2. The Labute approximate surface area is 95.9 Å². The lowest BCUT2D eigenvalue weighted by molar-refractivity contribution is 0.379. The standard InChI is InChI=1S/C10H19N5O/c1-5-7(3)12-9-13-8(11-6-2)14-10(15-9)16-4/h7H,5-6H2,1-4H3,(H2,11,12,13,14,15)/t7-/m0/s1. The molecule has 0 amide bonds. The molecule has 0 aliphatic rings. The fourth-order valence-corrected chi connectivity index (χ4v) is 1.07. The van der Waals surface area contributed by atoms with E-state index in [9.17, 15) is 0 Å². The summed E-state index contributed by atoms with van der Waals surface area (Å²) in [7, 11) is 1.54. The van der Waals surface area contributed by atoms with Crippen molar-refractivity contribution in [2.45, 2.75) is 33.2 Å². The Morgan fingerprint density at radius 1 is 1.19 bits per heavy atom. The Kier molecular flexibility index (Phi) is 4.75. The Bertz CT molecular complexity index is 331. The molecule has 1 rings (SSSR count). The van der Waals surface area contributed by atoms with E-state index < -0.39 is 0 Å². The normalized spacial score (nSPS) is 12.0. The highest BCUT2D eigenvalue weighted by molar-refractivity contribution is 5.36. The van der Waals surface area contributed by atoms with Crippen LogP contribution >= 0.6 is 0 Å². The Morgan fingerprint density at radius 3 is 2.44 bits per heavy atom. The van der Waals surface area contributed by atoms with E-state index in [1.54, 1.807) is 0 Å². The summed E-state index contributed by atoms with van der Waals surface area (Å²) in [6, 6.07) is 0.637. The molecule has 0 spiro atoms. The maximum atomic E-state index is 5.01. The summed E-state index contributed by atoms with van der Waals surface area (Å²) in [4.78, 5) is 12.4. The third-order valence-corrected chi connectivity index (χ3v) is 2.12. The van der Waals surface area contributed by atoms with E-state index in [-0.39, 0.29) is 0 Å². The largest absolute Gasteiger partial charge is 0.467 e. The van der Waals surface area contributed by atoms with Gasteiger partial charge in [-0.25, -0.2) is 0 Å². The number of anilines is 2. The van der Waals surface area contributed by atoms with Crippen LogP contribution in [0.15, 0.2) is 0 Å². The van der Waals surface area contributed by atoms with Gasteiger partial charge in [0.2, 0.25) is 11.9 Å². The molecule has 90 valence electrons. The van der Waals surface area contributed by atoms with E-state index in [0.29, 0.717) is 23.9 Å². The first-order valence-corrected chi connectivity index (χ1v) is 5.50. The maximum Gasteiger partial charge on any atom is 0.322 e. The fraction of sp³-hybridized carbons (Fsp3) is 0.700. The molecule has 0 radical (unpaired) electrons. The molecule has 0 unspecified atom stereocenters. The number of hydrogen-bond acceptors (Lipinski definition) is 6. The van der Waals surface area contributed by atoms with Crippen LogP contribution in [-0.4, -0.2) is 34.6 Å². The van der Waals surface area contributed by atoms with E-state index in [2.05, 4.69) is 39.4 Å². The highest BCUT2D eigenvalue weighted by Gasteiger charge is 2.07. The van der Waals surface area contributed by atoms with Gasteiger partial charge in [0, 0.05) is 12.6 Å². The van der Waals surface area contributed by atoms with Crippen LogP contribution in [0.1, 0.15) is 27.2 Å². The summed E-state index contributed by atoms with van der Waals surface area (Å²) in [5.74, 6) is 1.07. The monoisotopic (exact) mass is 225 g/mol. The summed E-state index contributed by atoms with van der Waals surface area (Å²) in [5, 5.41) is 6.21. The number of ether oxygens (including phenoxy) is 1. The van der Waals surface area contributed by atoms with Crippen LogP contribution in [0.25, 0.3) is 0 Å². The lowest BCUT2D eigenvalue weighted by Crippen LogP contribution is -2.17. The average Bonchev–Trinajstić information content (AvgIpc) is 2.29. The van der Waals surface area contributed by atoms with Crippen LogP contribution in [0.3, 0.4) is 0 Å². The van der Waals surface area contributed by atoms with Gasteiger partial charge in [-0.05, 0) is 20.3 Å². The Morgan fingerprint density at radius 2 is 1.88 bits per heavy atom. The Hall–Kier alpha value is -1.59. The average molecular weight is 225 g/mol. The van der Waals surface area contributed by atoms with Crippen molar-refractivity contribution in [3.05, 3.63) is 0 Å². The molecular weight excluding hydrogens is 206 g/mol. The molecule has 1 aromatic rings. The summed E-state index contributed by atoms with van der Waals surface area (Å²) < 4.78 is 5.01. The van der Waals surface area contributed by atoms with Gasteiger partial charge < -0.3 is 15.4 Å². The van der Waals surface area contributed by atoms with E-state index in [1.807, 2.05) is 6.92 Å². The third kappa shape index (κ3) is 3.52. The Balaban J connectivity index is 2.85. The fourth-order valence-electron chi connectivity index (χ4n) is 1.07. The minimum atomic E-state index is 0.316. The molecule has 0 aliphatic heterocycles. The second kappa shape index (κ2) is 6.09. The predicted octanol–water partition coefficient (Wildman–Crippen LogP) is 1.52. The molecule has 0 bridgehead atoms. The number of aromatic nitrogens is 3. The molecule has 1 heterocycles. The van der Waals surface area contributed by atoms with Crippen molar-refractivity contribution in [3.8, 4) is 6.01 Å². The lowest BCUT2D eigenvalue weighted by Gasteiger charge is -2.12. The van der Waals surface area contributed by atoms with Crippen LogP contribution in [0.5, 0.6) is 6.01 Å². The molecule has 2 N–H and O–H groups in total. The minimum absolute atomic E-state index is 0.316. The third-order valence-electron chi connectivity index (χ3n) is 2.12. The highest BCUT2D eigenvalue weighted by Crippen LogP contribution is 2.11. The molecule has 1 atom stereocenters. The number of hydrogen-bond donors (Lipinski definition) is 2. The van der Waals surface area contributed by atoms with Crippen molar-refractivity contribution in [2.24, 2.45) is 0 Å². The van der Waals surface area contributed by atoms with Crippen molar-refractivity contribution >= 4 is 11.9 Å². The number of rotatable bonds is 6. The zero-order valence-corrected chi connectivity index (χ0v) is 10.2. The zero-order valence-electron chi connectivity index (χ0n) is 10.2. The van der Waals surface area contributed by atoms with Crippen LogP contribution in [0.4, 0.5) is 11.9 Å². The van der Waals surface area contributed by atoms with Gasteiger partial charge in [-0.2, -0.15) is 15.0 Å². The van der Waals surface area contributed by atoms with Crippen molar-refractivity contribution in [3.63, 3.8) is 0 Å². The quantitative estimate of drug-likeness (QED) is 0.765. The summed E-state index contributed by atoms with van der Waals surface area (Å²) >= 11 is 0. The predicted molar refractivity (Wildman–Crippen MR) is 63.9 cm³/mol. The van der Waals surface area contributed by atoms with E-state index in [1.165, 1.54) is 7.11 Å². The summed E-state index contributed by atoms with van der Waals surface area (Å²) in [6.45, 7) is 6.92. The molecule has 6 nitrogen and oxygen atoms in total. The molecular formula is C10H19N5O. The first kappa shape index (κ1) is 12.5. The molecule has 0 saturated carbocycles. The van der Waals surface area contributed by atoms with E-state index in [0.717, 1.165) is 13.0 Å². The molecule has 0 fully saturated rings. The molecule has 0 saturated heterocycles. The topological polar surface area (TPSA) is 72.0 Å². The molecule has 1 aromatic heterocycles. The van der Waals surface area contributed by atoms with Crippen molar-refractivity contribution < 1.29 is 4.74 Å². The lowest BCUT2D eigenvalue weighted by atomic mass is 10.3. The van der Waals surface area contributed by atoms with Gasteiger partial charge in [0.15, 0.2) is 0 Å². The summed E-state index contributed by atoms with van der Waals surface area (Å²) in [6.07, 6.45) is 1.00. The molecule has 0 aromatic carbocycles. The molecule has 6 heteroatoms. The summed E-state index contributed by atoms with van der Waals surface area (Å²) in [5.41, 5.74) is 0. The second-order valence-corrected chi connectivity index (χ2v) is 3.45. The van der Waals surface area contributed by atoms with Gasteiger partial charge >= 0.3 is 6.01 Å². The van der Waals surface area contributed by atoms with Crippen molar-refractivity contribution in [2.75, 3.05) is 24.3 Å². The van der Waals surface area contributed by atoms with Gasteiger partial charge in [-0.3, -0.25) is 0 Å². The maximum absolute atomic E-state index is 5.01. The van der Waals surface area contributed by atoms with Gasteiger partial charge in [0.25, 0.3) is 0 Å². The first-order chi connectivity index (χ1) is 7.69. The van der Waals surface area contributed by atoms with Crippen LogP contribution in [-0.2, 0) is 0 Å². The smallest absolute Gasteiger partial charge is 0.322 e. The first-order valence-electron chi connectivity index (χ1n) is 5.50. The number of nitrogens with zero attached hydrogens (tertiary/aromatic N) is 3. The van der Waals surface area contributed by atoms with Gasteiger partial charge in [-0.1, -0.05) is 6.92 Å². The minimum Gasteiger partial charge on any atom is -0.467 e. The molecule has 0 aliphatic carbocycles. The van der Waals surface area contributed by atoms with Crippen LogP contribution in [0, 0.1) is 0 Å². The van der Waals surface area contributed by atoms with Crippen LogP contribution < -0.4 is 15.4 Å². The number of methoxy groups -OCH3 is 1. The van der Waals surface area contributed by atoms with Gasteiger partial charge in [-0.15, -0.1) is 0 Å². The van der Waals surface area contributed by atoms with Gasteiger partial charge in [0.1, 0.15) is 0 Å².